The van der Waals surface area contributed by atoms with Crippen molar-refractivity contribution in [2.24, 2.45) is 0 Å². The third kappa shape index (κ3) is 9.76. The Morgan fingerprint density at radius 3 is 1.57 bits per heavy atom. The molecule has 656 valence electrons. The molecule has 17 heteroatoms. The third-order valence-electron chi connectivity index (χ3n) is 30.9. The average Bonchev–Trinajstić information content (AvgIpc) is 1.50. The van der Waals surface area contributed by atoms with Crippen LogP contribution in [0.5, 0.6) is 34.8 Å². The van der Waals surface area contributed by atoms with E-state index in [-0.39, 0.29) is 0 Å². The molecule has 0 saturated heterocycles. The Bertz CT molecular complexity index is 9400. The van der Waals surface area contributed by atoms with Crippen LogP contribution in [0.25, 0.3) is 139 Å². The minimum atomic E-state index is -0.804. The van der Waals surface area contributed by atoms with Gasteiger partial charge in [0.2, 0.25) is 17.5 Å². The number of pyridine rings is 4. The molecule has 0 N–H and O–H groups in total. The van der Waals surface area contributed by atoms with Crippen molar-refractivity contribution in [2.75, 3.05) is 4.90 Å². The maximum Gasteiger partial charge on any atom is 0.589 e. The van der Waals surface area contributed by atoms with Gasteiger partial charge in [0.25, 0.3) is 11.6 Å². The lowest BCUT2D eigenvalue weighted by molar-refractivity contribution is -1.16. The van der Waals surface area contributed by atoms with Crippen LogP contribution in [0.3, 0.4) is 0 Å². The van der Waals surface area contributed by atoms with E-state index in [0.29, 0.717) is 0 Å². The maximum atomic E-state index is 6.82. The summed E-state index contributed by atoms with van der Waals surface area (Å²) < 4.78 is 46.2. The molecule has 3 spiro atoms. The number of ether oxygens (including phenoxy) is 3. The van der Waals surface area contributed by atoms with Gasteiger partial charge in [-0.2, -0.15) is 18.3 Å². The summed E-state index contributed by atoms with van der Waals surface area (Å²) in [4.78, 5) is 4.72. The van der Waals surface area contributed by atoms with Gasteiger partial charge in [-0.15, -0.1) is 4.68 Å². The number of aryl methyl sites for hydroxylation is 3. The van der Waals surface area contributed by atoms with Crippen molar-refractivity contribution >= 4 is 60.7 Å². The van der Waals surface area contributed by atoms with Crippen LogP contribution >= 0.6 is 0 Å². The molecule has 139 heavy (non-hydrogen) atoms. The second-order valence-electron chi connectivity index (χ2n) is 37.9. The molecule has 3 atom stereocenters. The highest BCUT2D eigenvalue weighted by atomic mass is 16.5. The van der Waals surface area contributed by atoms with Crippen molar-refractivity contribution in [3.8, 4) is 130 Å². The summed E-state index contributed by atoms with van der Waals surface area (Å²) >= 11 is 0. The number of hydrogen-bond donors (Lipinski definition) is 0. The molecule has 9 aliphatic heterocycles. The molecule has 17 nitrogen and oxygen atoms in total. The molecule has 32 rings (SSSR count). The molecule has 0 aliphatic carbocycles. The number of benzene rings is 14. The van der Waals surface area contributed by atoms with E-state index >= 15 is 0 Å². The molecule has 23 aromatic rings. The lowest BCUT2D eigenvalue weighted by Crippen LogP contribution is -2.87. The molecule has 0 fully saturated rings. The van der Waals surface area contributed by atoms with Crippen LogP contribution in [0.2, 0.25) is 0 Å². The number of rotatable bonds is 7. The first-order valence-corrected chi connectivity index (χ1v) is 47.8. The lowest BCUT2D eigenvalue weighted by atomic mass is 9.81. The fourth-order valence-electron chi connectivity index (χ4n) is 25.7. The molecule has 18 heterocycles. The Hall–Kier alpha value is -18.0. The van der Waals surface area contributed by atoms with Crippen molar-refractivity contribution in [3.05, 3.63) is 468 Å². The first-order chi connectivity index (χ1) is 68.4. The van der Waals surface area contributed by atoms with E-state index in [4.69, 9.17) is 19.3 Å². The van der Waals surface area contributed by atoms with Gasteiger partial charge in [0.15, 0.2) is 51.2 Å². The van der Waals surface area contributed by atoms with Gasteiger partial charge in [-0.25, -0.2) is 0 Å². The first kappa shape index (κ1) is 77.5. The Morgan fingerprint density at radius 1 is 0.324 bits per heavy atom. The SMILES string of the molecule is Cc1c(-c2cccc(-c3ccccc3)c2)c(C)[n+]2n1-c1cccc3[n+]1C21c2c(cccc2O3)Oc2cccc[n+]21.Cc1cc(-c2ccccc2)cc(C)c1-c1cn2[n+](c1)C13c4c(cccc4-2)N(c2ccccc2)c2ccc4c5ccccc5n(c4c21)-c1cccc[n+]13.Cc1ccc(-c2ccccc2)c(C)c1-c1n[n+]2n(c1C)-c1cccc3c1C21c2c(ccc4c5ccccc5n(c24)-c2cccc[n+]21)O3. The Kier molecular flexibility index (Phi) is 15.5. The topological polar surface area (TPSA) is 95.6 Å². The first-order valence-electron chi connectivity index (χ1n) is 47.8. The van der Waals surface area contributed by atoms with E-state index in [1.807, 2.05) is 36.4 Å². The van der Waals surface area contributed by atoms with Gasteiger partial charge in [-0.1, -0.05) is 225 Å². The van der Waals surface area contributed by atoms with Crippen LogP contribution in [-0.4, -0.2) is 28.3 Å². The molecule has 14 aromatic carbocycles. The highest BCUT2D eigenvalue weighted by Crippen LogP contribution is 2.61. The van der Waals surface area contributed by atoms with E-state index in [0.717, 1.165) is 109 Å². The zero-order valence-corrected chi connectivity index (χ0v) is 77.1. The molecule has 0 saturated carbocycles. The molecule has 9 aliphatic rings. The van der Waals surface area contributed by atoms with Crippen LogP contribution < -0.4 is 51.5 Å². The van der Waals surface area contributed by atoms with Gasteiger partial charge < -0.3 is 19.1 Å². The Balaban J connectivity index is 0.0000000991. The molecule has 0 amide bonds. The average molecular weight is 1800 g/mol. The zero-order valence-electron chi connectivity index (χ0n) is 77.1. The van der Waals surface area contributed by atoms with Gasteiger partial charge in [0.05, 0.1) is 51.1 Å². The van der Waals surface area contributed by atoms with E-state index in [1.54, 1.807) is 0 Å². The summed E-state index contributed by atoms with van der Waals surface area (Å²) in [5.74, 6) is 7.36. The van der Waals surface area contributed by atoms with Crippen molar-refractivity contribution < 1.29 is 46.6 Å². The van der Waals surface area contributed by atoms with E-state index in [9.17, 15) is 0 Å². The van der Waals surface area contributed by atoms with Crippen LogP contribution in [0.1, 0.15) is 67.2 Å². The maximum absolute atomic E-state index is 6.82. The number of hydrogen-bond acceptors (Lipinski definition) is 5. The standard InChI is InChI=1S/C47H33N5.C41H29N5O.C34H25N4O2/c1-30-26-33(32-14-5-3-6-15-32)27-31(2)43(30)34-28-49-39-20-13-21-40-44(39)47(50(49)29-34)45-41(51(40)35-16-7-4-8-17-35)24-23-37-36-18-9-10-19-38(36)52(46(37)45)42-22-11-12-25-48(42)47;1-24-19-20-28(27-12-5-4-6-13-27)25(2)36(24)39-26(3)45-32-16-11-17-33-37(32)41(46(45)42-39)38-34(47-33)22-21-30-29-14-7-8-15-31(29)44(40(30)38)35-18-9-10-23-43(35)41;1-22-32(26-14-8-13-25(21-26)24-11-4-3-5-12-24)23(2)38-34-33-27(39-30-18-6-7-20-35(30)34)15-9-16-28(33)40-31-19-10-17-29(36(31)34)37(22)38/h3-29H,1-2H3;4-23H,1-3H3;3-21H,1-2H3/q2*+2;+3. The van der Waals surface area contributed by atoms with Gasteiger partial charge in [0, 0.05) is 86.8 Å². The predicted molar refractivity (Wildman–Crippen MR) is 536 cm³/mol. The quantitative estimate of drug-likeness (QED) is 0.148. The van der Waals surface area contributed by atoms with Gasteiger partial charge in [-0.05, 0) is 229 Å². The van der Waals surface area contributed by atoms with E-state index in [1.165, 1.54) is 150 Å². The van der Waals surface area contributed by atoms with Crippen LogP contribution in [0, 0.1) is 48.5 Å². The molecular formula is C122H87N14O3+7. The lowest BCUT2D eigenvalue weighted by Gasteiger charge is -2.39. The number of anilines is 3. The minimum absolute atomic E-state index is 0.683. The monoisotopic (exact) mass is 1800 g/mol. The van der Waals surface area contributed by atoms with Crippen LogP contribution in [0.4, 0.5) is 17.1 Å². The number of fused-ring (bicyclic) bond motifs is 17. The number of nitrogens with zero attached hydrogens (tertiary/aromatic N) is 14. The van der Waals surface area contributed by atoms with Gasteiger partial charge in [-0.3, -0.25) is 0 Å². The minimum Gasteiger partial charge on any atom is -0.456 e. The van der Waals surface area contributed by atoms with Crippen molar-refractivity contribution in [1.82, 2.24) is 28.3 Å². The number of para-hydroxylation sites is 3. The number of aromatic nitrogens is 13. The summed E-state index contributed by atoms with van der Waals surface area (Å²) in [5.41, 5.74) is 37.7. The van der Waals surface area contributed by atoms with E-state index in [2.05, 4.69) is 474 Å². The second kappa shape index (κ2) is 27.9. The van der Waals surface area contributed by atoms with Crippen molar-refractivity contribution in [3.63, 3.8) is 0 Å². The van der Waals surface area contributed by atoms with Crippen molar-refractivity contribution in [2.45, 2.75) is 65.6 Å². The smallest absolute Gasteiger partial charge is 0.456 e. The molecular weight excluding hydrogens is 1710 g/mol. The predicted octanol–water partition coefficient (Wildman–Crippen LogP) is 23.2. The fraction of sp³-hybridized carbons (Fsp3) is 0.0820. The Morgan fingerprint density at radius 2 is 0.856 bits per heavy atom. The summed E-state index contributed by atoms with van der Waals surface area (Å²) in [5, 5.41) is 10.7. The molecule has 9 aromatic heterocycles. The highest BCUT2D eigenvalue weighted by molar-refractivity contribution is 6.14. The summed E-state index contributed by atoms with van der Waals surface area (Å²) in [6.45, 7) is 15.6. The summed E-state index contributed by atoms with van der Waals surface area (Å²) in [6, 6.07) is 132. The normalized spacial score (nSPS) is 16.3. The molecule has 3 unspecified atom stereocenters. The molecule has 0 radical (unpaired) electrons. The fourth-order valence-corrected chi connectivity index (χ4v) is 25.7. The second-order valence-corrected chi connectivity index (χ2v) is 37.9. The van der Waals surface area contributed by atoms with E-state index < -0.39 is 17.1 Å². The molecule has 0 bridgehead atoms. The van der Waals surface area contributed by atoms with Crippen LogP contribution in [0.15, 0.2) is 401 Å². The van der Waals surface area contributed by atoms with Crippen LogP contribution in [-0.2, 0) is 17.1 Å². The van der Waals surface area contributed by atoms with Gasteiger partial charge in [0.1, 0.15) is 56.3 Å². The summed E-state index contributed by atoms with van der Waals surface area (Å²) in [7, 11) is 0. The Labute approximate surface area is 799 Å². The third-order valence-corrected chi connectivity index (χ3v) is 30.9. The summed E-state index contributed by atoms with van der Waals surface area (Å²) in [6.07, 6.45) is 11.4. The largest absolute Gasteiger partial charge is 0.589 e. The van der Waals surface area contributed by atoms with Gasteiger partial charge >= 0.3 is 34.7 Å². The highest BCUT2D eigenvalue weighted by Gasteiger charge is 2.79. The zero-order chi connectivity index (χ0) is 92.1. The van der Waals surface area contributed by atoms with Crippen molar-refractivity contribution in [1.29, 1.82) is 0 Å².